The first-order valence-electron chi connectivity index (χ1n) is 5.89. The van der Waals surface area contributed by atoms with Crippen molar-refractivity contribution in [3.8, 4) is 23.1 Å². The standard InChI is InChI=1S/C14H12N4O/c1-10-9-12(18-17-10)11-5-4-7-14(16-11)19-13-6-2-3-8-15-13/h2-9H,1H3,(H,17,18). The molecular weight excluding hydrogens is 240 g/mol. The highest BCUT2D eigenvalue weighted by Crippen LogP contribution is 2.21. The first-order chi connectivity index (χ1) is 9.31. The Morgan fingerprint density at radius 2 is 1.89 bits per heavy atom. The molecular formula is C14H12N4O. The van der Waals surface area contributed by atoms with Crippen molar-refractivity contribution in [2.24, 2.45) is 0 Å². The predicted molar refractivity (Wildman–Crippen MR) is 70.9 cm³/mol. The number of rotatable bonds is 3. The Balaban J connectivity index is 1.88. The lowest BCUT2D eigenvalue weighted by molar-refractivity contribution is 0.445. The molecule has 19 heavy (non-hydrogen) atoms. The number of nitrogens with zero attached hydrogens (tertiary/aromatic N) is 3. The largest absolute Gasteiger partial charge is 0.421 e. The summed E-state index contributed by atoms with van der Waals surface area (Å²) in [6, 6.07) is 13.0. The highest BCUT2D eigenvalue weighted by Gasteiger charge is 2.06. The van der Waals surface area contributed by atoms with E-state index in [4.69, 9.17) is 4.74 Å². The molecule has 0 radical (unpaired) electrons. The van der Waals surface area contributed by atoms with Crippen LogP contribution >= 0.6 is 0 Å². The Bertz CT molecular complexity index is 679. The molecule has 0 fully saturated rings. The molecule has 3 aromatic heterocycles. The van der Waals surface area contributed by atoms with Gasteiger partial charge in [0, 0.05) is 24.0 Å². The van der Waals surface area contributed by atoms with Crippen LogP contribution in [-0.2, 0) is 0 Å². The fraction of sp³-hybridized carbons (Fsp3) is 0.0714. The minimum atomic E-state index is 0.497. The number of aromatic nitrogens is 4. The van der Waals surface area contributed by atoms with Crippen LogP contribution in [0.3, 0.4) is 0 Å². The monoisotopic (exact) mass is 252 g/mol. The first kappa shape index (κ1) is 11.4. The van der Waals surface area contributed by atoms with Gasteiger partial charge in [0.2, 0.25) is 11.8 Å². The average Bonchev–Trinajstić information content (AvgIpc) is 2.87. The van der Waals surface area contributed by atoms with Crippen LogP contribution in [0, 0.1) is 6.92 Å². The molecule has 5 nitrogen and oxygen atoms in total. The van der Waals surface area contributed by atoms with Gasteiger partial charge in [0.05, 0.1) is 5.69 Å². The molecule has 0 unspecified atom stereocenters. The second-order valence-corrected chi connectivity index (χ2v) is 4.07. The summed E-state index contributed by atoms with van der Waals surface area (Å²) in [5.74, 6) is 1.02. The SMILES string of the molecule is Cc1cc(-c2cccc(Oc3ccccn3)n2)n[nH]1. The zero-order valence-electron chi connectivity index (χ0n) is 10.4. The number of hydrogen-bond acceptors (Lipinski definition) is 4. The fourth-order valence-corrected chi connectivity index (χ4v) is 1.68. The summed E-state index contributed by atoms with van der Waals surface area (Å²) in [6.07, 6.45) is 1.68. The molecule has 0 aliphatic heterocycles. The number of H-pyrrole nitrogens is 1. The van der Waals surface area contributed by atoms with E-state index in [0.29, 0.717) is 11.8 Å². The minimum absolute atomic E-state index is 0.497. The van der Waals surface area contributed by atoms with Crippen molar-refractivity contribution in [1.82, 2.24) is 20.2 Å². The van der Waals surface area contributed by atoms with Gasteiger partial charge in [-0.05, 0) is 25.1 Å². The highest BCUT2D eigenvalue weighted by molar-refractivity contribution is 5.54. The third-order valence-electron chi connectivity index (χ3n) is 2.54. The summed E-state index contributed by atoms with van der Waals surface area (Å²) in [4.78, 5) is 8.50. The van der Waals surface area contributed by atoms with Crippen molar-refractivity contribution in [2.45, 2.75) is 6.92 Å². The van der Waals surface area contributed by atoms with Crippen LogP contribution in [0.4, 0.5) is 0 Å². The molecule has 0 aliphatic rings. The van der Waals surface area contributed by atoms with Gasteiger partial charge < -0.3 is 4.74 Å². The van der Waals surface area contributed by atoms with Gasteiger partial charge in [-0.3, -0.25) is 5.10 Å². The van der Waals surface area contributed by atoms with Crippen molar-refractivity contribution in [2.75, 3.05) is 0 Å². The van der Waals surface area contributed by atoms with Crippen LogP contribution in [0.5, 0.6) is 11.8 Å². The zero-order chi connectivity index (χ0) is 13.1. The van der Waals surface area contributed by atoms with Crippen LogP contribution < -0.4 is 4.74 Å². The first-order valence-corrected chi connectivity index (χ1v) is 5.89. The lowest BCUT2D eigenvalue weighted by Crippen LogP contribution is -1.91. The van der Waals surface area contributed by atoms with Crippen molar-refractivity contribution in [3.05, 3.63) is 54.4 Å². The van der Waals surface area contributed by atoms with E-state index in [9.17, 15) is 0 Å². The molecule has 3 aromatic rings. The smallest absolute Gasteiger partial charge is 0.221 e. The third kappa shape index (κ3) is 2.60. The maximum absolute atomic E-state index is 5.59. The number of ether oxygens (including phenoxy) is 1. The van der Waals surface area contributed by atoms with Crippen LogP contribution in [-0.4, -0.2) is 20.2 Å². The summed E-state index contributed by atoms with van der Waals surface area (Å²) in [6.45, 7) is 1.95. The normalized spacial score (nSPS) is 10.4. The zero-order valence-corrected chi connectivity index (χ0v) is 10.4. The summed E-state index contributed by atoms with van der Waals surface area (Å²) >= 11 is 0. The Morgan fingerprint density at radius 1 is 1.00 bits per heavy atom. The summed E-state index contributed by atoms with van der Waals surface area (Å²) in [5.41, 5.74) is 2.55. The molecule has 0 saturated heterocycles. The van der Waals surface area contributed by atoms with Crippen molar-refractivity contribution in [3.63, 3.8) is 0 Å². The second kappa shape index (κ2) is 4.89. The lowest BCUT2D eigenvalue weighted by Gasteiger charge is -2.04. The molecule has 94 valence electrons. The Labute approximate surface area is 110 Å². The molecule has 0 saturated carbocycles. The molecule has 3 heterocycles. The van der Waals surface area contributed by atoms with Gasteiger partial charge in [-0.2, -0.15) is 5.10 Å². The third-order valence-corrected chi connectivity index (χ3v) is 2.54. The van der Waals surface area contributed by atoms with Crippen LogP contribution in [0.1, 0.15) is 5.69 Å². The molecule has 1 N–H and O–H groups in total. The topological polar surface area (TPSA) is 63.7 Å². The Kier molecular flexibility index (Phi) is 2.94. The maximum atomic E-state index is 5.59. The summed E-state index contributed by atoms with van der Waals surface area (Å²) in [5, 5.41) is 7.07. The Hall–Kier alpha value is -2.69. The van der Waals surface area contributed by atoms with Gasteiger partial charge in [-0.15, -0.1) is 0 Å². The van der Waals surface area contributed by atoms with Crippen molar-refractivity contribution in [1.29, 1.82) is 0 Å². The molecule has 0 aliphatic carbocycles. The molecule has 0 atom stereocenters. The fourth-order valence-electron chi connectivity index (χ4n) is 1.68. The van der Waals surface area contributed by atoms with E-state index in [1.165, 1.54) is 0 Å². The van der Waals surface area contributed by atoms with Crippen LogP contribution in [0.25, 0.3) is 11.4 Å². The van der Waals surface area contributed by atoms with Crippen molar-refractivity contribution >= 4 is 0 Å². The number of pyridine rings is 2. The van der Waals surface area contributed by atoms with E-state index in [-0.39, 0.29) is 0 Å². The van der Waals surface area contributed by atoms with E-state index in [2.05, 4.69) is 20.2 Å². The van der Waals surface area contributed by atoms with Crippen LogP contribution in [0.2, 0.25) is 0 Å². The van der Waals surface area contributed by atoms with Gasteiger partial charge in [-0.25, -0.2) is 9.97 Å². The molecule has 0 amide bonds. The van der Waals surface area contributed by atoms with E-state index < -0.39 is 0 Å². The lowest BCUT2D eigenvalue weighted by atomic mass is 10.2. The predicted octanol–water partition coefficient (Wildman–Crippen LogP) is 2.97. The summed E-state index contributed by atoms with van der Waals surface area (Å²) in [7, 11) is 0. The van der Waals surface area contributed by atoms with E-state index in [1.807, 2.05) is 37.3 Å². The minimum Gasteiger partial charge on any atom is -0.421 e. The molecule has 3 rings (SSSR count). The molecule has 0 aromatic carbocycles. The number of nitrogens with one attached hydrogen (secondary N) is 1. The van der Waals surface area contributed by atoms with E-state index in [0.717, 1.165) is 17.1 Å². The van der Waals surface area contributed by atoms with Crippen LogP contribution in [0.15, 0.2) is 48.7 Å². The number of hydrogen-bond donors (Lipinski definition) is 1. The highest BCUT2D eigenvalue weighted by atomic mass is 16.5. The quantitative estimate of drug-likeness (QED) is 0.778. The maximum Gasteiger partial charge on any atom is 0.221 e. The Morgan fingerprint density at radius 3 is 2.63 bits per heavy atom. The van der Waals surface area contributed by atoms with Gasteiger partial charge in [0.25, 0.3) is 0 Å². The van der Waals surface area contributed by atoms with Gasteiger partial charge in [0.1, 0.15) is 5.69 Å². The average molecular weight is 252 g/mol. The number of aryl methyl sites for hydroxylation is 1. The van der Waals surface area contributed by atoms with Gasteiger partial charge in [0.15, 0.2) is 0 Å². The van der Waals surface area contributed by atoms with Gasteiger partial charge in [-0.1, -0.05) is 12.1 Å². The number of aromatic amines is 1. The summed E-state index contributed by atoms with van der Waals surface area (Å²) < 4.78 is 5.59. The van der Waals surface area contributed by atoms with Gasteiger partial charge >= 0.3 is 0 Å². The molecule has 0 bridgehead atoms. The van der Waals surface area contributed by atoms with Crippen molar-refractivity contribution < 1.29 is 4.74 Å². The molecule has 5 heteroatoms. The molecule has 0 spiro atoms. The van der Waals surface area contributed by atoms with E-state index >= 15 is 0 Å². The second-order valence-electron chi connectivity index (χ2n) is 4.07. The van der Waals surface area contributed by atoms with E-state index in [1.54, 1.807) is 18.3 Å².